The molecule has 0 unspecified atom stereocenters. The molecule has 1 aliphatic rings. The van der Waals surface area contributed by atoms with Crippen molar-refractivity contribution in [2.24, 2.45) is 4.99 Å². The van der Waals surface area contributed by atoms with Gasteiger partial charge < -0.3 is 4.74 Å². The molecule has 0 bridgehead atoms. The number of nitro groups is 1. The van der Waals surface area contributed by atoms with Crippen LogP contribution in [-0.2, 0) is 17.6 Å². The number of carbonyl (C=O) groups excluding carboxylic acids is 1. The van der Waals surface area contributed by atoms with E-state index in [1.807, 2.05) is 37.3 Å². The quantitative estimate of drug-likeness (QED) is 0.159. The second kappa shape index (κ2) is 10.3. The number of nitro benzene ring substituents is 1. The summed E-state index contributed by atoms with van der Waals surface area (Å²) in [5.41, 5.74) is 3.37. The minimum atomic E-state index is -0.373. The summed E-state index contributed by atoms with van der Waals surface area (Å²) in [6.45, 7) is 4.09. The summed E-state index contributed by atoms with van der Waals surface area (Å²) >= 11 is 2.87. The van der Waals surface area contributed by atoms with Gasteiger partial charge in [0.05, 0.1) is 22.0 Å². The number of ether oxygens (including phenoxy) is 1. The van der Waals surface area contributed by atoms with Gasteiger partial charge in [0.2, 0.25) is 0 Å². The molecule has 0 spiro atoms. The van der Waals surface area contributed by atoms with Gasteiger partial charge in [-0.2, -0.15) is 0 Å². The van der Waals surface area contributed by atoms with Crippen LogP contribution < -0.4 is 0 Å². The predicted molar refractivity (Wildman–Crippen MR) is 133 cm³/mol. The number of esters is 1. The van der Waals surface area contributed by atoms with Crippen LogP contribution in [-0.4, -0.2) is 23.7 Å². The molecule has 170 valence electrons. The first-order valence-electron chi connectivity index (χ1n) is 10.8. The van der Waals surface area contributed by atoms with Crippen LogP contribution in [0.1, 0.15) is 51.7 Å². The molecule has 4 rings (SSSR count). The number of aryl methyl sites for hydroxylation is 2. The second-order valence-electron chi connectivity index (χ2n) is 7.77. The molecule has 1 aromatic heterocycles. The summed E-state index contributed by atoms with van der Waals surface area (Å²) in [6, 6.07) is 13.0. The fourth-order valence-corrected chi connectivity index (χ4v) is 5.89. The van der Waals surface area contributed by atoms with Gasteiger partial charge in [0.15, 0.2) is 0 Å². The lowest BCUT2D eigenvalue weighted by Gasteiger charge is -2.11. The van der Waals surface area contributed by atoms with E-state index in [4.69, 9.17) is 4.74 Å². The maximum atomic E-state index is 12.6. The van der Waals surface area contributed by atoms with Gasteiger partial charge in [-0.3, -0.25) is 10.1 Å². The summed E-state index contributed by atoms with van der Waals surface area (Å²) in [7, 11) is 0. The molecular formula is C25H24N2O4S2. The van der Waals surface area contributed by atoms with E-state index in [-0.39, 0.29) is 16.6 Å². The van der Waals surface area contributed by atoms with E-state index < -0.39 is 0 Å². The number of hydrogen-bond donors (Lipinski definition) is 0. The Hall–Kier alpha value is -2.97. The van der Waals surface area contributed by atoms with Crippen LogP contribution >= 0.6 is 23.1 Å². The molecule has 0 radical (unpaired) electrons. The van der Waals surface area contributed by atoms with E-state index >= 15 is 0 Å². The summed E-state index contributed by atoms with van der Waals surface area (Å²) < 4.78 is 5.28. The minimum Gasteiger partial charge on any atom is -0.462 e. The van der Waals surface area contributed by atoms with Crippen molar-refractivity contribution in [1.82, 2.24) is 0 Å². The van der Waals surface area contributed by atoms with Gasteiger partial charge in [-0.1, -0.05) is 35.5 Å². The highest BCUT2D eigenvalue weighted by atomic mass is 32.2. The standard InChI is InChI=1S/C25H24N2O4S2/c1-3-31-25(28)23-19-6-4-5-7-21(19)33-24(23)26-15-17-10-13-22(20(14-17)27(29)30)32-18-11-8-16(2)9-12-18/h8-15H,3-7H2,1-2H3/b26-15+. The summed E-state index contributed by atoms with van der Waals surface area (Å²) in [4.78, 5) is 31.2. The van der Waals surface area contributed by atoms with Crippen molar-refractivity contribution >= 4 is 46.0 Å². The molecule has 2 aromatic carbocycles. The number of rotatable bonds is 7. The molecule has 0 N–H and O–H groups in total. The van der Waals surface area contributed by atoms with Crippen LogP contribution in [0.25, 0.3) is 0 Å². The maximum absolute atomic E-state index is 12.6. The number of hydrogen-bond acceptors (Lipinski definition) is 7. The molecule has 1 aliphatic carbocycles. The first kappa shape index (κ1) is 23.2. The highest BCUT2D eigenvalue weighted by molar-refractivity contribution is 7.99. The van der Waals surface area contributed by atoms with Gasteiger partial charge in [0.1, 0.15) is 5.00 Å². The van der Waals surface area contributed by atoms with E-state index in [1.165, 1.54) is 34.0 Å². The smallest absolute Gasteiger partial charge is 0.341 e. The number of aliphatic imine (C=N–C) groups is 1. The number of benzene rings is 2. The van der Waals surface area contributed by atoms with Gasteiger partial charge in [0, 0.05) is 22.1 Å². The normalized spacial score (nSPS) is 13.2. The molecule has 3 aromatic rings. The van der Waals surface area contributed by atoms with Crippen LogP contribution in [0.15, 0.2) is 57.2 Å². The molecule has 0 saturated carbocycles. The van der Waals surface area contributed by atoms with E-state index in [1.54, 1.807) is 19.2 Å². The third-order valence-corrected chi connectivity index (χ3v) is 7.66. The Kier molecular flexibility index (Phi) is 7.25. The van der Waals surface area contributed by atoms with Crippen molar-refractivity contribution in [2.75, 3.05) is 6.61 Å². The van der Waals surface area contributed by atoms with Crippen LogP contribution in [0.3, 0.4) is 0 Å². The molecule has 0 atom stereocenters. The molecular weight excluding hydrogens is 456 g/mol. The van der Waals surface area contributed by atoms with Crippen LogP contribution in [0.4, 0.5) is 10.7 Å². The molecule has 0 saturated heterocycles. The highest BCUT2D eigenvalue weighted by Crippen LogP contribution is 2.40. The maximum Gasteiger partial charge on any atom is 0.341 e. The topological polar surface area (TPSA) is 81.8 Å². The fraction of sp³-hybridized carbons (Fsp3) is 0.280. The number of fused-ring (bicyclic) bond motifs is 1. The monoisotopic (exact) mass is 480 g/mol. The van der Waals surface area contributed by atoms with Crippen LogP contribution in [0.2, 0.25) is 0 Å². The molecule has 33 heavy (non-hydrogen) atoms. The zero-order valence-corrected chi connectivity index (χ0v) is 20.1. The first-order valence-corrected chi connectivity index (χ1v) is 12.5. The lowest BCUT2D eigenvalue weighted by molar-refractivity contribution is -0.387. The van der Waals surface area contributed by atoms with Gasteiger partial charge in [-0.25, -0.2) is 9.79 Å². The minimum absolute atomic E-state index is 0.0283. The van der Waals surface area contributed by atoms with Crippen molar-refractivity contribution < 1.29 is 14.5 Å². The lowest BCUT2D eigenvalue weighted by atomic mass is 9.95. The van der Waals surface area contributed by atoms with Crippen molar-refractivity contribution in [2.45, 2.75) is 49.3 Å². The Labute approximate surface area is 200 Å². The molecule has 0 aliphatic heterocycles. The third-order valence-electron chi connectivity index (χ3n) is 5.39. The zero-order chi connectivity index (χ0) is 23.4. The van der Waals surface area contributed by atoms with Crippen molar-refractivity contribution in [3.05, 3.63) is 79.7 Å². The third kappa shape index (κ3) is 5.34. The van der Waals surface area contributed by atoms with Crippen molar-refractivity contribution in [3.63, 3.8) is 0 Å². The van der Waals surface area contributed by atoms with Crippen molar-refractivity contribution in [3.8, 4) is 0 Å². The van der Waals surface area contributed by atoms with E-state index in [9.17, 15) is 14.9 Å². The predicted octanol–water partition coefficient (Wildman–Crippen LogP) is 6.92. The summed E-state index contributed by atoms with van der Waals surface area (Å²) in [5.74, 6) is -0.347. The van der Waals surface area contributed by atoms with E-state index in [0.29, 0.717) is 27.6 Å². The molecule has 1 heterocycles. The van der Waals surface area contributed by atoms with Gasteiger partial charge in [0.25, 0.3) is 5.69 Å². The van der Waals surface area contributed by atoms with Crippen LogP contribution in [0, 0.1) is 17.0 Å². The van der Waals surface area contributed by atoms with Gasteiger partial charge >= 0.3 is 5.97 Å². The zero-order valence-electron chi connectivity index (χ0n) is 18.5. The SMILES string of the molecule is CCOC(=O)c1c(/N=C/c2ccc(Sc3ccc(C)cc3)c([N+](=O)[O-])c2)sc2c1CCCC2. The highest BCUT2D eigenvalue weighted by Gasteiger charge is 2.26. The van der Waals surface area contributed by atoms with Crippen molar-refractivity contribution in [1.29, 1.82) is 0 Å². The fourth-order valence-electron chi connectivity index (χ4n) is 3.77. The molecule has 0 fully saturated rings. The Morgan fingerprint density at radius 1 is 1.21 bits per heavy atom. The summed E-state index contributed by atoms with van der Waals surface area (Å²) in [5, 5.41) is 12.3. The Bertz CT molecular complexity index is 1220. The van der Waals surface area contributed by atoms with Gasteiger partial charge in [-0.15, -0.1) is 11.3 Å². The summed E-state index contributed by atoms with van der Waals surface area (Å²) in [6.07, 6.45) is 5.54. The average Bonchev–Trinajstić information content (AvgIpc) is 3.18. The van der Waals surface area contributed by atoms with Crippen LogP contribution in [0.5, 0.6) is 0 Å². The molecule has 8 heteroatoms. The lowest BCUT2D eigenvalue weighted by Crippen LogP contribution is -2.09. The largest absolute Gasteiger partial charge is 0.462 e. The Balaban J connectivity index is 1.64. The molecule has 6 nitrogen and oxygen atoms in total. The van der Waals surface area contributed by atoms with E-state index in [2.05, 4.69) is 4.99 Å². The van der Waals surface area contributed by atoms with E-state index in [0.717, 1.165) is 41.7 Å². The second-order valence-corrected chi connectivity index (χ2v) is 9.97. The first-order chi connectivity index (χ1) is 16.0. The molecule has 0 amide bonds. The number of carbonyl (C=O) groups is 1. The Morgan fingerprint density at radius 3 is 2.70 bits per heavy atom. The van der Waals surface area contributed by atoms with Gasteiger partial charge in [-0.05, 0) is 68.9 Å². The average molecular weight is 481 g/mol. The number of nitrogens with zero attached hydrogens (tertiary/aromatic N) is 2. The number of thiophene rings is 1. The Morgan fingerprint density at radius 2 is 1.97 bits per heavy atom.